The second-order valence-electron chi connectivity index (χ2n) is 6.45. The molecule has 2 aromatic rings. The van der Waals surface area contributed by atoms with Gasteiger partial charge in [-0.1, -0.05) is 18.7 Å². The Balaban J connectivity index is 0.00000338. The van der Waals surface area contributed by atoms with Crippen molar-refractivity contribution in [2.75, 3.05) is 19.1 Å². The number of benzene rings is 2. The molecular weight excluding hydrogens is 325 g/mol. The van der Waals surface area contributed by atoms with E-state index in [2.05, 4.69) is 0 Å². The maximum Gasteiger partial charge on any atom is 1.00 e. The number of carbonyl (C=O) groups is 1. The molecule has 0 unspecified atom stereocenters. The van der Waals surface area contributed by atoms with Crippen molar-refractivity contribution in [3.8, 4) is 11.5 Å². The van der Waals surface area contributed by atoms with Crippen LogP contribution in [0.25, 0.3) is 0 Å². The Labute approximate surface area is 167 Å². The first-order valence-electron chi connectivity index (χ1n) is 7.97. The zero-order valence-corrected chi connectivity index (χ0v) is 16.3. The third-order valence-corrected chi connectivity index (χ3v) is 3.33. The van der Waals surface area contributed by atoms with E-state index in [1.54, 1.807) is 32.9 Å². The van der Waals surface area contributed by atoms with Gasteiger partial charge in [-0.25, -0.2) is 4.79 Å². The summed E-state index contributed by atoms with van der Waals surface area (Å²) >= 11 is 0. The van der Waals surface area contributed by atoms with Gasteiger partial charge in [0.25, 0.3) is 0 Å². The van der Waals surface area contributed by atoms with Gasteiger partial charge >= 0.3 is 25.0 Å². The van der Waals surface area contributed by atoms with E-state index in [-0.39, 0.29) is 18.9 Å². The third-order valence-electron chi connectivity index (χ3n) is 3.33. The van der Waals surface area contributed by atoms with E-state index in [9.17, 15) is 4.79 Å². The number of hydrogen-bond acceptors (Lipinski definition) is 4. The quantitative estimate of drug-likeness (QED) is 0.609. The Morgan fingerprint density at radius 1 is 0.885 bits per heavy atom. The summed E-state index contributed by atoms with van der Waals surface area (Å²) < 4.78 is 15.9. The molecule has 1 amide bonds. The number of amides is 1. The van der Waals surface area contributed by atoms with E-state index in [0.717, 1.165) is 17.1 Å². The van der Waals surface area contributed by atoms with Gasteiger partial charge in [-0.3, -0.25) is 0 Å². The summed E-state index contributed by atoms with van der Waals surface area (Å²) in [6, 6.07) is 14.6. The van der Waals surface area contributed by atoms with Crippen LogP contribution in [0.15, 0.2) is 48.5 Å². The second-order valence-corrected chi connectivity index (χ2v) is 6.45. The normalized spacial score (nSPS) is 10.3. The van der Waals surface area contributed by atoms with Crippen LogP contribution in [-0.2, 0) is 4.74 Å². The molecule has 6 heteroatoms. The molecule has 0 saturated heterocycles. The number of anilines is 1. The first kappa shape index (κ1) is 21.8. The minimum absolute atomic E-state index is 0. The standard InChI is InChI=1S/C20H24NO4.Li/c1-20(2,3)25-19(22)21(16-8-12-18(24-5)13-9-16)14-15-6-10-17(23-4)11-7-15;/h6-14H,1-5H3;/q-1;+1. The molecular formula is C20H24LiNO4. The Hall–Kier alpha value is -2.22. The summed E-state index contributed by atoms with van der Waals surface area (Å²) in [5.74, 6) is 1.47. The zero-order chi connectivity index (χ0) is 18.4. The Morgan fingerprint density at radius 3 is 1.77 bits per heavy atom. The summed E-state index contributed by atoms with van der Waals surface area (Å²) in [6.07, 6.45) is -0.450. The second kappa shape index (κ2) is 9.47. The zero-order valence-electron chi connectivity index (χ0n) is 16.3. The summed E-state index contributed by atoms with van der Waals surface area (Å²) in [5, 5.41) is 0. The maximum atomic E-state index is 12.7. The SMILES string of the molecule is COc1ccc([CH-]N(C(=O)OC(C)(C)C)c2ccc(OC)cc2)cc1.[Li+]. The minimum Gasteiger partial charge on any atom is -0.499 e. The average Bonchev–Trinajstić information content (AvgIpc) is 2.59. The van der Waals surface area contributed by atoms with Gasteiger partial charge in [-0.05, 0) is 45.0 Å². The van der Waals surface area contributed by atoms with Crippen LogP contribution in [0.3, 0.4) is 0 Å². The van der Waals surface area contributed by atoms with E-state index in [1.165, 1.54) is 4.90 Å². The van der Waals surface area contributed by atoms with Gasteiger partial charge in [-0.2, -0.15) is 17.7 Å². The molecule has 0 atom stereocenters. The van der Waals surface area contributed by atoms with Crippen molar-refractivity contribution in [3.63, 3.8) is 0 Å². The van der Waals surface area contributed by atoms with E-state index >= 15 is 0 Å². The fourth-order valence-electron chi connectivity index (χ4n) is 2.13. The van der Waals surface area contributed by atoms with Gasteiger partial charge in [-0.15, -0.1) is 0 Å². The van der Waals surface area contributed by atoms with E-state index in [4.69, 9.17) is 14.2 Å². The molecule has 0 aliphatic carbocycles. The largest absolute Gasteiger partial charge is 1.00 e. The Kier molecular flexibility index (Phi) is 7.95. The predicted octanol–water partition coefficient (Wildman–Crippen LogP) is 1.66. The molecule has 0 aliphatic rings. The molecule has 0 aliphatic heterocycles. The minimum atomic E-state index is -0.588. The molecule has 0 heterocycles. The molecule has 0 N–H and O–H groups in total. The van der Waals surface area contributed by atoms with E-state index in [1.807, 2.05) is 57.2 Å². The van der Waals surface area contributed by atoms with Crippen molar-refractivity contribution in [2.24, 2.45) is 0 Å². The molecule has 26 heavy (non-hydrogen) atoms. The number of nitrogens with zero attached hydrogens (tertiary/aromatic N) is 1. The van der Waals surface area contributed by atoms with E-state index in [0.29, 0.717) is 5.69 Å². The number of methoxy groups -OCH3 is 2. The molecule has 5 nitrogen and oxygen atoms in total. The van der Waals surface area contributed by atoms with Crippen molar-refractivity contribution in [3.05, 3.63) is 60.6 Å². The predicted molar refractivity (Wildman–Crippen MR) is 98.1 cm³/mol. The first-order chi connectivity index (χ1) is 11.8. The van der Waals surface area contributed by atoms with Gasteiger partial charge < -0.3 is 19.1 Å². The van der Waals surface area contributed by atoms with Crippen LogP contribution in [0.5, 0.6) is 11.5 Å². The van der Waals surface area contributed by atoms with Crippen LogP contribution >= 0.6 is 0 Å². The summed E-state index contributed by atoms with van der Waals surface area (Å²) in [7, 11) is 3.22. The molecule has 0 radical (unpaired) electrons. The summed E-state index contributed by atoms with van der Waals surface area (Å²) in [4.78, 5) is 14.1. The number of carbonyl (C=O) groups excluding carboxylic acids is 1. The first-order valence-corrected chi connectivity index (χ1v) is 7.97. The van der Waals surface area contributed by atoms with Crippen LogP contribution in [0.1, 0.15) is 26.3 Å². The molecule has 0 aromatic heterocycles. The van der Waals surface area contributed by atoms with Crippen molar-refractivity contribution in [1.82, 2.24) is 0 Å². The molecule has 0 spiro atoms. The molecule has 2 aromatic carbocycles. The molecule has 0 saturated carbocycles. The monoisotopic (exact) mass is 349 g/mol. The van der Waals surface area contributed by atoms with Crippen molar-refractivity contribution >= 4 is 11.8 Å². The van der Waals surface area contributed by atoms with Gasteiger partial charge in [0.2, 0.25) is 0 Å². The topological polar surface area (TPSA) is 48.0 Å². The smallest absolute Gasteiger partial charge is 0.499 e. The average molecular weight is 349 g/mol. The van der Waals surface area contributed by atoms with Crippen molar-refractivity contribution in [1.29, 1.82) is 0 Å². The van der Waals surface area contributed by atoms with Crippen molar-refractivity contribution < 1.29 is 37.9 Å². The summed E-state index contributed by atoms with van der Waals surface area (Å²) in [5.41, 5.74) is 0.948. The van der Waals surface area contributed by atoms with Gasteiger partial charge in [0.05, 0.1) is 20.0 Å². The Bertz CT molecular complexity index is 693. The van der Waals surface area contributed by atoms with Crippen LogP contribution in [-0.4, -0.2) is 25.9 Å². The molecule has 134 valence electrons. The molecule has 2 rings (SSSR count). The van der Waals surface area contributed by atoms with Crippen LogP contribution in [0.2, 0.25) is 0 Å². The number of hydrogen-bond donors (Lipinski definition) is 0. The van der Waals surface area contributed by atoms with Gasteiger partial charge in [0.15, 0.2) is 0 Å². The van der Waals surface area contributed by atoms with E-state index < -0.39 is 11.7 Å². The van der Waals surface area contributed by atoms with Crippen LogP contribution in [0, 0.1) is 6.54 Å². The van der Waals surface area contributed by atoms with Crippen LogP contribution < -0.4 is 33.2 Å². The van der Waals surface area contributed by atoms with Crippen molar-refractivity contribution in [2.45, 2.75) is 26.4 Å². The number of ether oxygens (including phenoxy) is 3. The van der Waals surface area contributed by atoms with Crippen LogP contribution in [0.4, 0.5) is 10.5 Å². The molecule has 0 bridgehead atoms. The number of rotatable bonds is 5. The summed E-state index contributed by atoms with van der Waals surface area (Å²) in [6.45, 7) is 7.24. The fraction of sp³-hybridized carbons (Fsp3) is 0.300. The molecule has 0 fully saturated rings. The maximum absolute atomic E-state index is 12.7. The third kappa shape index (κ3) is 6.25. The Morgan fingerprint density at radius 2 is 1.35 bits per heavy atom. The fourth-order valence-corrected chi connectivity index (χ4v) is 2.13. The van der Waals surface area contributed by atoms with Gasteiger partial charge in [0, 0.05) is 5.69 Å². The van der Waals surface area contributed by atoms with Gasteiger partial charge in [0.1, 0.15) is 11.4 Å².